The maximum absolute atomic E-state index is 12.0. The standard InChI is InChI=1S/C14H12Cl2N2O3S/c1-3-20-13(19)9-7-17-14(22-2)18-12(9)21-11-5-4-8(15)6-10(11)16/h4-7H,3H2,1-2H3. The van der Waals surface area contributed by atoms with Crippen molar-refractivity contribution in [3.05, 3.63) is 40.0 Å². The lowest BCUT2D eigenvalue weighted by atomic mass is 10.3. The van der Waals surface area contributed by atoms with E-state index in [2.05, 4.69) is 9.97 Å². The Labute approximate surface area is 142 Å². The first-order chi connectivity index (χ1) is 10.5. The van der Waals surface area contributed by atoms with Gasteiger partial charge in [0, 0.05) is 11.2 Å². The van der Waals surface area contributed by atoms with Gasteiger partial charge in [-0.3, -0.25) is 0 Å². The van der Waals surface area contributed by atoms with E-state index >= 15 is 0 Å². The van der Waals surface area contributed by atoms with Gasteiger partial charge in [-0.05, 0) is 31.4 Å². The zero-order valence-electron chi connectivity index (χ0n) is 11.8. The highest BCUT2D eigenvalue weighted by molar-refractivity contribution is 7.98. The lowest BCUT2D eigenvalue weighted by molar-refractivity contribution is 0.0521. The van der Waals surface area contributed by atoms with Crippen molar-refractivity contribution in [3.8, 4) is 11.6 Å². The number of benzene rings is 1. The van der Waals surface area contributed by atoms with E-state index in [1.54, 1.807) is 25.1 Å². The molecule has 0 fully saturated rings. The van der Waals surface area contributed by atoms with Gasteiger partial charge >= 0.3 is 5.97 Å². The van der Waals surface area contributed by atoms with Gasteiger partial charge in [0.25, 0.3) is 0 Å². The van der Waals surface area contributed by atoms with E-state index in [-0.39, 0.29) is 18.1 Å². The monoisotopic (exact) mass is 358 g/mol. The first-order valence-corrected chi connectivity index (χ1v) is 8.24. The van der Waals surface area contributed by atoms with Crippen LogP contribution in [0.1, 0.15) is 17.3 Å². The van der Waals surface area contributed by atoms with Crippen LogP contribution in [0.3, 0.4) is 0 Å². The van der Waals surface area contributed by atoms with Gasteiger partial charge in [0.05, 0.1) is 11.6 Å². The second-order valence-corrected chi connectivity index (χ2v) is 5.59. The van der Waals surface area contributed by atoms with Crippen molar-refractivity contribution in [1.82, 2.24) is 9.97 Å². The molecule has 1 aromatic carbocycles. The van der Waals surface area contributed by atoms with Gasteiger partial charge in [0.15, 0.2) is 5.16 Å². The number of ether oxygens (including phenoxy) is 2. The number of aromatic nitrogens is 2. The van der Waals surface area contributed by atoms with E-state index < -0.39 is 5.97 Å². The maximum atomic E-state index is 12.0. The Morgan fingerprint density at radius 3 is 2.77 bits per heavy atom. The fourth-order valence-electron chi connectivity index (χ4n) is 1.54. The van der Waals surface area contributed by atoms with Crippen molar-refractivity contribution in [3.63, 3.8) is 0 Å². The van der Waals surface area contributed by atoms with Crippen molar-refractivity contribution < 1.29 is 14.3 Å². The number of nitrogens with zero attached hydrogens (tertiary/aromatic N) is 2. The van der Waals surface area contributed by atoms with E-state index in [0.29, 0.717) is 21.0 Å². The minimum Gasteiger partial charge on any atom is -0.462 e. The summed E-state index contributed by atoms with van der Waals surface area (Å²) in [6.07, 6.45) is 3.19. The number of rotatable bonds is 5. The number of hydrogen-bond acceptors (Lipinski definition) is 6. The van der Waals surface area contributed by atoms with Gasteiger partial charge in [-0.2, -0.15) is 4.98 Å². The topological polar surface area (TPSA) is 61.3 Å². The highest BCUT2D eigenvalue weighted by Crippen LogP contribution is 2.32. The molecule has 8 heteroatoms. The summed E-state index contributed by atoms with van der Waals surface area (Å²) in [5.41, 5.74) is 0.130. The fraction of sp³-hybridized carbons (Fsp3) is 0.214. The molecule has 0 N–H and O–H groups in total. The molecule has 5 nitrogen and oxygen atoms in total. The first-order valence-electron chi connectivity index (χ1n) is 6.26. The highest BCUT2D eigenvalue weighted by Gasteiger charge is 2.19. The zero-order valence-corrected chi connectivity index (χ0v) is 14.1. The summed E-state index contributed by atoms with van der Waals surface area (Å²) in [5, 5.41) is 1.26. The molecule has 0 bridgehead atoms. The van der Waals surface area contributed by atoms with Crippen LogP contribution in [0.15, 0.2) is 29.6 Å². The van der Waals surface area contributed by atoms with Crippen LogP contribution in [-0.4, -0.2) is 28.8 Å². The molecule has 1 heterocycles. The van der Waals surface area contributed by atoms with E-state index in [1.165, 1.54) is 18.0 Å². The molecule has 0 aliphatic heterocycles. The molecule has 1 aromatic heterocycles. The van der Waals surface area contributed by atoms with Crippen LogP contribution in [0.5, 0.6) is 11.6 Å². The van der Waals surface area contributed by atoms with Crippen LogP contribution in [-0.2, 0) is 4.74 Å². The minimum atomic E-state index is -0.560. The van der Waals surface area contributed by atoms with Crippen LogP contribution in [0.25, 0.3) is 0 Å². The first kappa shape index (κ1) is 16.9. The molecule has 2 aromatic rings. The number of thioether (sulfide) groups is 1. The average molecular weight is 359 g/mol. The average Bonchev–Trinajstić information content (AvgIpc) is 2.50. The predicted molar refractivity (Wildman–Crippen MR) is 86.3 cm³/mol. The van der Waals surface area contributed by atoms with Crippen LogP contribution in [0.2, 0.25) is 10.0 Å². The minimum absolute atomic E-state index is 0.0852. The lowest BCUT2D eigenvalue weighted by Gasteiger charge is -2.11. The van der Waals surface area contributed by atoms with Crippen molar-refractivity contribution in [2.45, 2.75) is 12.1 Å². The summed E-state index contributed by atoms with van der Waals surface area (Å²) in [7, 11) is 0. The molecule has 0 aliphatic rings. The molecule has 22 heavy (non-hydrogen) atoms. The van der Waals surface area contributed by atoms with Crippen LogP contribution >= 0.6 is 35.0 Å². The molecule has 116 valence electrons. The summed E-state index contributed by atoms with van der Waals surface area (Å²) in [4.78, 5) is 20.2. The normalized spacial score (nSPS) is 10.4. The molecule has 0 aliphatic carbocycles. The molecule has 0 unspecified atom stereocenters. The number of carbonyl (C=O) groups excluding carboxylic acids is 1. The molecule has 0 radical (unpaired) electrons. The third-order valence-corrected chi connectivity index (χ3v) is 3.60. The van der Waals surface area contributed by atoms with Crippen LogP contribution in [0.4, 0.5) is 0 Å². The molecule has 0 spiro atoms. The number of carbonyl (C=O) groups is 1. The van der Waals surface area contributed by atoms with Crippen molar-refractivity contribution >= 4 is 40.9 Å². The van der Waals surface area contributed by atoms with Crippen molar-refractivity contribution in [1.29, 1.82) is 0 Å². The van der Waals surface area contributed by atoms with Crippen LogP contribution < -0.4 is 4.74 Å². The Bertz CT molecular complexity index is 698. The smallest absolute Gasteiger partial charge is 0.345 e. The van der Waals surface area contributed by atoms with Gasteiger partial charge in [0.1, 0.15) is 11.3 Å². The molecular formula is C14H12Cl2N2O3S. The fourth-order valence-corrected chi connectivity index (χ4v) is 2.32. The SMILES string of the molecule is CCOC(=O)c1cnc(SC)nc1Oc1ccc(Cl)cc1Cl. The van der Waals surface area contributed by atoms with E-state index in [1.807, 2.05) is 6.26 Å². The summed E-state index contributed by atoms with van der Waals surface area (Å²) < 4.78 is 10.6. The summed E-state index contributed by atoms with van der Waals surface area (Å²) in [6, 6.07) is 4.77. The molecule has 0 saturated carbocycles. The van der Waals surface area contributed by atoms with Crippen molar-refractivity contribution in [2.24, 2.45) is 0 Å². The number of esters is 1. The highest BCUT2D eigenvalue weighted by atomic mass is 35.5. The second-order valence-electron chi connectivity index (χ2n) is 3.97. The second kappa shape index (κ2) is 7.67. The van der Waals surface area contributed by atoms with E-state index in [0.717, 1.165) is 0 Å². The Balaban J connectivity index is 2.40. The number of halogens is 2. The Kier molecular flexibility index (Phi) is 5.88. The Morgan fingerprint density at radius 1 is 1.36 bits per heavy atom. The van der Waals surface area contributed by atoms with Gasteiger partial charge < -0.3 is 9.47 Å². The largest absolute Gasteiger partial charge is 0.462 e. The maximum Gasteiger partial charge on any atom is 0.345 e. The van der Waals surface area contributed by atoms with Gasteiger partial charge in [-0.15, -0.1) is 0 Å². The summed E-state index contributed by atoms with van der Waals surface area (Å²) in [5.74, 6) is -0.139. The van der Waals surface area contributed by atoms with E-state index in [4.69, 9.17) is 32.7 Å². The summed E-state index contributed by atoms with van der Waals surface area (Å²) >= 11 is 13.2. The zero-order chi connectivity index (χ0) is 16.1. The molecule has 2 rings (SSSR count). The Morgan fingerprint density at radius 2 is 2.14 bits per heavy atom. The van der Waals surface area contributed by atoms with Gasteiger partial charge in [0.2, 0.25) is 5.88 Å². The molecule has 0 atom stereocenters. The number of hydrogen-bond donors (Lipinski definition) is 0. The predicted octanol–water partition coefficient (Wildman–Crippen LogP) is 4.47. The lowest BCUT2D eigenvalue weighted by Crippen LogP contribution is -2.09. The quantitative estimate of drug-likeness (QED) is 0.446. The third kappa shape index (κ3) is 4.03. The van der Waals surface area contributed by atoms with E-state index in [9.17, 15) is 4.79 Å². The molecule has 0 saturated heterocycles. The van der Waals surface area contributed by atoms with Gasteiger partial charge in [-0.25, -0.2) is 9.78 Å². The molecular weight excluding hydrogens is 347 g/mol. The summed E-state index contributed by atoms with van der Waals surface area (Å²) in [6.45, 7) is 1.95. The molecule has 0 amide bonds. The Hall–Kier alpha value is -1.50. The van der Waals surface area contributed by atoms with Crippen molar-refractivity contribution in [2.75, 3.05) is 12.9 Å². The third-order valence-electron chi connectivity index (χ3n) is 2.51. The van der Waals surface area contributed by atoms with Crippen LogP contribution in [0, 0.1) is 0 Å². The van der Waals surface area contributed by atoms with Gasteiger partial charge in [-0.1, -0.05) is 35.0 Å².